The number of hydrogen-bond acceptors (Lipinski definition) is 6. The van der Waals surface area contributed by atoms with Gasteiger partial charge in [-0.15, -0.1) is 0 Å². The predicted octanol–water partition coefficient (Wildman–Crippen LogP) is 2.49. The third-order valence-electron chi connectivity index (χ3n) is 6.74. The van der Waals surface area contributed by atoms with Crippen molar-refractivity contribution in [2.75, 3.05) is 39.7 Å². The molecule has 40 heavy (non-hydrogen) atoms. The van der Waals surface area contributed by atoms with E-state index in [0.717, 1.165) is 22.5 Å². The molecule has 1 fully saturated rings. The largest absolute Gasteiger partial charge is 0.497 e. The van der Waals surface area contributed by atoms with E-state index < -0.39 is 45.6 Å². The number of nitrogens with one attached hydrogen (secondary N) is 1. The van der Waals surface area contributed by atoms with Crippen molar-refractivity contribution in [3.05, 3.63) is 59.7 Å². The number of hydrogen-bond donors (Lipinski definition) is 1. The number of halogens is 2. The molecule has 13 heteroatoms. The van der Waals surface area contributed by atoms with E-state index in [1.165, 1.54) is 38.1 Å². The molecule has 0 spiro atoms. The van der Waals surface area contributed by atoms with Crippen LogP contribution in [0.2, 0.25) is 0 Å². The van der Waals surface area contributed by atoms with E-state index in [1.807, 2.05) is 4.72 Å². The smallest absolute Gasteiger partial charge is 0.304 e. The van der Waals surface area contributed by atoms with Gasteiger partial charge >= 0.3 is 10.2 Å². The number of methoxy groups -OCH3 is 1. The van der Waals surface area contributed by atoms with Gasteiger partial charge in [-0.05, 0) is 67.6 Å². The number of amides is 3. The molecule has 0 aliphatic carbocycles. The summed E-state index contributed by atoms with van der Waals surface area (Å²) < 4.78 is 61.7. The number of rotatable bonds is 11. The maximum Gasteiger partial charge on any atom is 0.304 e. The number of ether oxygens (including phenoxy) is 1. The Labute approximate surface area is 233 Å². The molecule has 3 amide bonds. The number of anilines is 1. The van der Waals surface area contributed by atoms with Gasteiger partial charge in [-0.1, -0.05) is 0 Å². The minimum absolute atomic E-state index is 0.0838. The standard InChI is InChI=1S/C27H34F2N4O6S/c1-31(2)27(36)24-6-5-13-33(24)40(37,38)30-25(34)12-7-19(14-18-15-20(28)17-21(29)16-18)26(35)32(3)22-8-10-23(39-4)11-9-22/h8-11,15-17,19,24H,5-7,12-14H2,1-4H3,(H,30,34)/t19-,24?/m0/s1. The molecular formula is C27H34F2N4O6S. The van der Waals surface area contributed by atoms with Gasteiger partial charge in [0, 0.05) is 51.8 Å². The normalized spacial score (nSPS) is 16.3. The van der Waals surface area contributed by atoms with Crippen LogP contribution in [-0.2, 0) is 31.0 Å². The molecule has 1 aliphatic rings. The summed E-state index contributed by atoms with van der Waals surface area (Å²) in [7, 11) is 1.77. The van der Waals surface area contributed by atoms with Crippen LogP contribution in [0.4, 0.5) is 14.5 Å². The molecule has 1 saturated heterocycles. The summed E-state index contributed by atoms with van der Waals surface area (Å²) in [5.41, 5.74) is 0.744. The van der Waals surface area contributed by atoms with Gasteiger partial charge in [-0.3, -0.25) is 14.4 Å². The second-order valence-electron chi connectivity index (χ2n) is 9.84. The molecule has 0 saturated carbocycles. The lowest BCUT2D eigenvalue weighted by Gasteiger charge is -2.26. The van der Waals surface area contributed by atoms with E-state index in [0.29, 0.717) is 24.3 Å². The lowest BCUT2D eigenvalue weighted by molar-refractivity contribution is -0.132. The van der Waals surface area contributed by atoms with Gasteiger partial charge in [0.05, 0.1) is 7.11 Å². The number of carbonyl (C=O) groups excluding carboxylic acids is 3. The first-order chi connectivity index (χ1) is 18.8. The van der Waals surface area contributed by atoms with Crippen molar-refractivity contribution in [1.82, 2.24) is 13.9 Å². The third kappa shape index (κ3) is 7.75. The van der Waals surface area contributed by atoms with E-state index in [4.69, 9.17) is 4.74 Å². The van der Waals surface area contributed by atoms with E-state index in [-0.39, 0.29) is 37.3 Å². The summed E-state index contributed by atoms with van der Waals surface area (Å²) in [5.74, 6) is -3.61. The Balaban J connectivity index is 1.75. The van der Waals surface area contributed by atoms with Crippen molar-refractivity contribution in [2.45, 2.75) is 38.1 Å². The molecule has 0 bridgehead atoms. The Morgan fingerprint density at radius 1 is 1.07 bits per heavy atom. The van der Waals surface area contributed by atoms with Crippen molar-refractivity contribution in [1.29, 1.82) is 0 Å². The van der Waals surface area contributed by atoms with Crippen molar-refractivity contribution in [2.24, 2.45) is 5.92 Å². The second kappa shape index (κ2) is 13.2. The predicted molar refractivity (Wildman–Crippen MR) is 145 cm³/mol. The first-order valence-electron chi connectivity index (χ1n) is 12.7. The average molecular weight is 581 g/mol. The third-order valence-corrected chi connectivity index (χ3v) is 8.29. The molecule has 2 aromatic rings. The van der Waals surface area contributed by atoms with Gasteiger partial charge < -0.3 is 14.5 Å². The summed E-state index contributed by atoms with van der Waals surface area (Å²) >= 11 is 0. The lowest BCUT2D eigenvalue weighted by Crippen LogP contribution is -2.50. The number of likely N-dealkylation sites (N-methyl/N-ethyl adjacent to an activating group) is 1. The van der Waals surface area contributed by atoms with Gasteiger partial charge in [0.1, 0.15) is 23.4 Å². The fourth-order valence-corrected chi connectivity index (χ4v) is 6.07. The molecule has 0 radical (unpaired) electrons. The summed E-state index contributed by atoms with van der Waals surface area (Å²) in [4.78, 5) is 41.3. The zero-order chi connectivity index (χ0) is 29.6. The fourth-order valence-electron chi connectivity index (χ4n) is 4.66. The topological polar surface area (TPSA) is 116 Å². The minimum Gasteiger partial charge on any atom is -0.497 e. The van der Waals surface area contributed by atoms with E-state index >= 15 is 0 Å². The second-order valence-corrected chi connectivity index (χ2v) is 11.5. The SMILES string of the molecule is COc1ccc(N(C)C(=O)[C@@H](CCC(=O)NS(=O)(=O)N2CCCC2C(=O)N(C)C)Cc2cc(F)cc(F)c2)cc1. The maximum absolute atomic E-state index is 13.9. The van der Waals surface area contributed by atoms with Crippen LogP contribution in [0, 0.1) is 17.6 Å². The number of benzene rings is 2. The van der Waals surface area contributed by atoms with Gasteiger partial charge in [0.25, 0.3) is 0 Å². The highest BCUT2D eigenvalue weighted by atomic mass is 32.2. The van der Waals surface area contributed by atoms with Crippen LogP contribution in [-0.4, -0.2) is 76.2 Å². The van der Waals surface area contributed by atoms with Crippen LogP contribution in [0.25, 0.3) is 0 Å². The van der Waals surface area contributed by atoms with Crippen molar-refractivity contribution >= 4 is 33.6 Å². The molecule has 0 aromatic heterocycles. The molecule has 1 heterocycles. The highest BCUT2D eigenvalue weighted by Gasteiger charge is 2.40. The molecule has 2 aromatic carbocycles. The maximum atomic E-state index is 13.9. The lowest BCUT2D eigenvalue weighted by atomic mass is 9.93. The highest BCUT2D eigenvalue weighted by molar-refractivity contribution is 7.87. The Hall–Kier alpha value is -3.58. The van der Waals surface area contributed by atoms with Crippen molar-refractivity contribution in [3.8, 4) is 5.75 Å². The summed E-state index contributed by atoms with van der Waals surface area (Å²) in [6.07, 6.45) is 0.269. The van der Waals surface area contributed by atoms with Crippen LogP contribution < -0.4 is 14.4 Å². The van der Waals surface area contributed by atoms with E-state index in [9.17, 15) is 31.6 Å². The summed E-state index contributed by atoms with van der Waals surface area (Å²) in [5, 5.41) is 0. The first kappa shape index (κ1) is 31.0. The Bertz CT molecular complexity index is 1320. The molecule has 3 rings (SSSR count). The van der Waals surface area contributed by atoms with Crippen LogP contribution in [0.5, 0.6) is 5.75 Å². The molecule has 2 atom stereocenters. The first-order valence-corrected chi connectivity index (χ1v) is 14.2. The molecular weight excluding hydrogens is 546 g/mol. The van der Waals surface area contributed by atoms with Gasteiger partial charge in [0.2, 0.25) is 17.7 Å². The van der Waals surface area contributed by atoms with Crippen molar-refractivity contribution < 1.29 is 36.3 Å². The monoisotopic (exact) mass is 580 g/mol. The van der Waals surface area contributed by atoms with Gasteiger partial charge in [-0.2, -0.15) is 12.7 Å². The average Bonchev–Trinajstić information content (AvgIpc) is 3.40. The zero-order valence-corrected chi connectivity index (χ0v) is 23.7. The number of carbonyl (C=O) groups is 3. The number of nitrogens with zero attached hydrogens (tertiary/aromatic N) is 3. The quantitative estimate of drug-likeness (QED) is 0.437. The van der Waals surface area contributed by atoms with Gasteiger partial charge in [-0.25, -0.2) is 13.5 Å². The molecule has 1 N–H and O–H groups in total. The van der Waals surface area contributed by atoms with E-state index in [2.05, 4.69) is 0 Å². The van der Waals surface area contributed by atoms with Crippen LogP contribution in [0.15, 0.2) is 42.5 Å². The fraction of sp³-hybridized carbons (Fsp3) is 0.444. The molecule has 10 nitrogen and oxygen atoms in total. The summed E-state index contributed by atoms with van der Waals surface area (Å²) in [6, 6.07) is 8.69. The highest BCUT2D eigenvalue weighted by Crippen LogP contribution is 2.25. The summed E-state index contributed by atoms with van der Waals surface area (Å²) in [6.45, 7) is 0.0890. The minimum atomic E-state index is -4.31. The Morgan fingerprint density at radius 2 is 1.70 bits per heavy atom. The zero-order valence-electron chi connectivity index (χ0n) is 22.9. The van der Waals surface area contributed by atoms with Crippen LogP contribution in [0.3, 0.4) is 0 Å². The van der Waals surface area contributed by atoms with Gasteiger partial charge in [0.15, 0.2) is 0 Å². The molecule has 1 unspecified atom stereocenters. The Kier molecular flexibility index (Phi) is 10.2. The molecule has 1 aliphatic heterocycles. The Morgan fingerprint density at radius 3 is 2.27 bits per heavy atom. The molecule has 218 valence electrons. The van der Waals surface area contributed by atoms with E-state index in [1.54, 1.807) is 24.3 Å². The van der Waals surface area contributed by atoms with Crippen LogP contribution in [0.1, 0.15) is 31.2 Å². The van der Waals surface area contributed by atoms with Crippen molar-refractivity contribution in [3.63, 3.8) is 0 Å². The van der Waals surface area contributed by atoms with Crippen LogP contribution >= 0.6 is 0 Å².